The van der Waals surface area contributed by atoms with Gasteiger partial charge < -0.3 is 15.0 Å². The highest BCUT2D eigenvalue weighted by Gasteiger charge is 2.29. The van der Waals surface area contributed by atoms with Gasteiger partial charge in [-0.15, -0.1) is 0 Å². The Labute approximate surface area is 104 Å². The number of imidazole rings is 1. The second-order valence-electron chi connectivity index (χ2n) is 4.53. The van der Waals surface area contributed by atoms with Gasteiger partial charge in [0.15, 0.2) is 0 Å². The number of ether oxygens (including phenoxy) is 1. The Balaban J connectivity index is 1.63. The van der Waals surface area contributed by atoms with Gasteiger partial charge in [0.2, 0.25) is 0 Å². The van der Waals surface area contributed by atoms with E-state index in [9.17, 15) is 0 Å². The van der Waals surface area contributed by atoms with Crippen molar-refractivity contribution in [2.24, 2.45) is 0 Å². The minimum Gasteiger partial charge on any atom is -0.375 e. The largest absolute Gasteiger partial charge is 0.375 e. The smallest absolute Gasteiger partial charge is 0.120 e. The van der Waals surface area contributed by atoms with Gasteiger partial charge in [-0.1, -0.05) is 0 Å². The van der Waals surface area contributed by atoms with Crippen LogP contribution in [-0.2, 0) is 11.3 Å². The van der Waals surface area contributed by atoms with Crippen LogP contribution in [0.1, 0.15) is 32.5 Å². The van der Waals surface area contributed by atoms with Crippen LogP contribution in [0.5, 0.6) is 0 Å². The summed E-state index contributed by atoms with van der Waals surface area (Å²) >= 11 is 3.34. The second-order valence-corrected chi connectivity index (χ2v) is 5.39. The molecule has 16 heavy (non-hydrogen) atoms. The van der Waals surface area contributed by atoms with Gasteiger partial charge in [0.05, 0.1) is 24.9 Å². The van der Waals surface area contributed by atoms with Crippen LogP contribution in [0.15, 0.2) is 10.8 Å². The molecule has 1 aliphatic rings. The average molecular weight is 288 g/mol. The molecule has 0 radical (unpaired) electrons. The Hall–Kier alpha value is -0.390. The van der Waals surface area contributed by atoms with E-state index < -0.39 is 0 Å². The zero-order valence-electron chi connectivity index (χ0n) is 9.66. The first-order chi connectivity index (χ1) is 7.63. The molecule has 1 fully saturated rings. The van der Waals surface area contributed by atoms with Gasteiger partial charge in [-0.3, -0.25) is 0 Å². The van der Waals surface area contributed by atoms with Gasteiger partial charge >= 0.3 is 0 Å². The molecule has 0 amide bonds. The molecule has 90 valence electrons. The van der Waals surface area contributed by atoms with E-state index in [-0.39, 0.29) is 0 Å². The molecule has 0 unspecified atom stereocenters. The number of hydrogen-bond acceptors (Lipinski definition) is 3. The van der Waals surface area contributed by atoms with Gasteiger partial charge in [-0.05, 0) is 42.6 Å². The predicted molar refractivity (Wildman–Crippen MR) is 66.2 cm³/mol. The quantitative estimate of drug-likeness (QED) is 0.873. The fraction of sp³-hybridized carbons (Fsp3) is 0.727. The SMILES string of the molecule is CC(C)OC1CC(NCc2ncc(Br)[nH]2)C1. The van der Waals surface area contributed by atoms with E-state index in [1.807, 2.05) is 0 Å². The third-order valence-electron chi connectivity index (χ3n) is 2.72. The summed E-state index contributed by atoms with van der Waals surface area (Å²) in [6.45, 7) is 4.97. The Morgan fingerprint density at radius 1 is 1.62 bits per heavy atom. The predicted octanol–water partition coefficient (Wildman–Crippen LogP) is 2.22. The lowest BCUT2D eigenvalue weighted by Crippen LogP contribution is -2.45. The molecular formula is C11H18BrN3O. The summed E-state index contributed by atoms with van der Waals surface area (Å²) in [6, 6.07) is 0.577. The van der Waals surface area contributed by atoms with Gasteiger partial charge in [0, 0.05) is 6.04 Å². The first-order valence-electron chi connectivity index (χ1n) is 5.71. The van der Waals surface area contributed by atoms with Crippen molar-refractivity contribution in [1.29, 1.82) is 0 Å². The van der Waals surface area contributed by atoms with Crippen molar-refractivity contribution in [2.45, 2.75) is 51.5 Å². The number of aromatic amines is 1. The molecule has 0 bridgehead atoms. The van der Waals surface area contributed by atoms with E-state index in [0.717, 1.165) is 29.8 Å². The summed E-state index contributed by atoms with van der Waals surface area (Å²) in [5, 5.41) is 3.46. The van der Waals surface area contributed by atoms with E-state index in [1.54, 1.807) is 6.20 Å². The molecule has 1 saturated carbocycles. The van der Waals surface area contributed by atoms with Crippen LogP contribution < -0.4 is 5.32 Å². The Bertz CT molecular complexity index is 334. The minimum atomic E-state index is 0.340. The van der Waals surface area contributed by atoms with Crippen LogP contribution in [0.2, 0.25) is 0 Å². The topological polar surface area (TPSA) is 49.9 Å². The molecule has 1 aromatic heterocycles. The highest BCUT2D eigenvalue weighted by molar-refractivity contribution is 9.10. The molecule has 0 saturated heterocycles. The average Bonchev–Trinajstić information content (AvgIpc) is 2.55. The molecule has 0 aliphatic heterocycles. The molecular weight excluding hydrogens is 270 g/mol. The van der Waals surface area contributed by atoms with E-state index in [4.69, 9.17) is 4.74 Å². The fourth-order valence-electron chi connectivity index (χ4n) is 1.90. The van der Waals surface area contributed by atoms with Crippen LogP contribution >= 0.6 is 15.9 Å². The lowest BCUT2D eigenvalue weighted by molar-refractivity contribution is -0.0501. The normalized spacial score (nSPS) is 24.8. The summed E-state index contributed by atoms with van der Waals surface area (Å²) in [5.74, 6) is 0.972. The summed E-state index contributed by atoms with van der Waals surface area (Å²) in [7, 11) is 0. The third-order valence-corrected chi connectivity index (χ3v) is 3.12. The number of nitrogens with zero attached hydrogens (tertiary/aromatic N) is 1. The maximum atomic E-state index is 5.70. The van der Waals surface area contributed by atoms with Crippen LogP contribution in [0, 0.1) is 0 Å². The number of nitrogens with one attached hydrogen (secondary N) is 2. The third kappa shape index (κ3) is 3.30. The molecule has 2 N–H and O–H groups in total. The Morgan fingerprint density at radius 3 is 2.94 bits per heavy atom. The standard InChI is InChI=1S/C11H18BrN3O/c1-7(2)16-9-3-8(4-9)13-6-11-14-5-10(12)15-11/h5,7-9,13H,3-4,6H2,1-2H3,(H,14,15). The van der Waals surface area contributed by atoms with Crippen molar-refractivity contribution < 1.29 is 4.74 Å². The van der Waals surface area contributed by atoms with E-state index in [1.165, 1.54) is 0 Å². The summed E-state index contributed by atoms with van der Waals surface area (Å²) < 4.78 is 6.63. The zero-order chi connectivity index (χ0) is 11.5. The van der Waals surface area contributed by atoms with Crippen molar-refractivity contribution in [3.05, 3.63) is 16.6 Å². The minimum absolute atomic E-state index is 0.340. The molecule has 5 heteroatoms. The number of hydrogen-bond donors (Lipinski definition) is 2. The summed E-state index contributed by atoms with van der Waals surface area (Å²) in [4.78, 5) is 7.35. The number of H-pyrrole nitrogens is 1. The monoisotopic (exact) mass is 287 g/mol. The van der Waals surface area contributed by atoms with Crippen molar-refractivity contribution >= 4 is 15.9 Å². The molecule has 0 atom stereocenters. The Kier molecular flexibility index (Phi) is 4.00. The molecule has 2 rings (SSSR count). The summed E-state index contributed by atoms with van der Waals surface area (Å²) in [6.07, 6.45) is 4.79. The van der Waals surface area contributed by atoms with E-state index in [2.05, 4.69) is 45.1 Å². The van der Waals surface area contributed by atoms with Crippen molar-refractivity contribution in [1.82, 2.24) is 15.3 Å². The number of rotatable bonds is 5. The molecule has 0 spiro atoms. The van der Waals surface area contributed by atoms with Gasteiger partial charge in [0.25, 0.3) is 0 Å². The van der Waals surface area contributed by atoms with Gasteiger partial charge in [-0.2, -0.15) is 0 Å². The maximum Gasteiger partial charge on any atom is 0.120 e. The molecule has 1 aromatic rings. The number of halogens is 1. The first-order valence-corrected chi connectivity index (χ1v) is 6.51. The molecule has 1 heterocycles. The fourth-order valence-corrected chi connectivity index (χ4v) is 2.23. The lowest BCUT2D eigenvalue weighted by atomic mass is 9.89. The number of aromatic nitrogens is 2. The second kappa shape index (κ2) is 5.29. The molecule has 0 aromatic carbocycles. The van der Waals surface area contributed by atoms with E-state index >= 15 is 0 Å². The maximum absolute atomic E-state index is 5.70. The van der Waals surface area contributed by atoms with Crippen LogP contribution in [0.4, 0.5) is 0 Å². The Morgan fingerprint density at radius 2 is 2.38 bits per heavy atom. The van der Waals surface area contributed by atoms with Crippen molar-refractivity contribution in [3.63, 3.8) is 0 Å². The van der Waals surface area contributed by atoms with Crippen LogP contribution in [0.25, 0.3) is 0 Å². The van der Waals surface area contributed by atoms with Crippen LogP contribution in [-0.4, -0.2) is 28.2 Å². The van der Waals surface area contributed by atoms with Crippen molar-refractivity contribution in [2.75, 3.05) is 0 Å². The first kappa shape index (κ1) is 12.1. The van der Waals surface area contributed by atoms with E-state index in [0.29, 0.717) is 18.2 Å². The van der Waals surface area contributed by atoms with Crippen LogP contribution in [0.3, 0.4) is 0 Å². The van der Waals surface area contributed by atoms with Gasteiger partial charge in [0.1, 0.15) is 10.4 Å². The lowest BCUT2D eigenvalue weighted by Gasteiger charge is -2.36. The zero-order valence-corrected chi connectivity index (χ0v) is 11.3. The molecule has 1 aliphatic carbocycles. The summed E-state index contributed by atoms with van der Waals surface area (Å²) in [5.41, 5.74) is 0. The molecule has 4 nitrogen and oxygen atoms in total. The van der Waals surface area contributed by atoms with Gasteiger partial charge in [-0.25, -0.2) is 4.98 Å². The van der Waals surface area contributed by atoms with Crippen molar-refractivity contribution in [3.8, 4) is 0 Å². The highest BCUT2D eigenvalue weighted by atomic mass is 79.9. The highest BCUT2D eigenvalue weighted by Crippen LogP contribution is 2.24.